The van der Waals surface area contributed by atoms with Crippen LogP contribution in [0.4, 0.5) is 11.4 Å². The number of anilines is 2. The Morgan fingerprint density at radius 3 is 1.94 bits per heavy atom. The number of amides is 1. The fourth-order valence-corrected chi connectivity index (χ4v) is 3.50. The summed E-state index contributed by atoms with van der Waals surface area (Å²) in [5.41, 5.74) is 10.5. The number of primary amides is 1. The Labute approximate surface area is 193 Å². The fourth-order valence-electron chi connectivity index (χ4n) is 3.50. The molecule has 8 heteroatoms. The third-order valence-corrected chi connectivity index (χ3v) is 4.95. The molecular weight excluding hydrogens is 438 g/mol. The van der Waals surface area contributed by atoms with Crippen molar-refractivity contribution in [1.29, 1.82) is 0 Å². The van der Waals surface area contributed by atoms with Crippen LogP contribution in [-0.4, -0.2) is 30.1 Å². The smallest absolute Gasteiger partial charge is 0.261 e. The first-order valence-electron chi connectivity index (χ1n) is 10.5. The molecule has 0 aliphatic heterocycles. The van der Waals surface area contributed by atoms with E-state index in [4.69, 9.17) is 15.3 Å². The van der Waals surface area contributed by atoms with Gasteiger partial charge in [0, 0.05) is 22.9 Å². The highest BCUT2D eigenvalue weighted by molar-refractivity contribution is 7.85. The lowest BCUT2D eigenvalue weighted by Gasteiger charge is -2.13. The maximum absolute atomic E-state index is 10.8. The van der Waals surface area contributed by atoms with Crippen molar-refractivity contribution in [2.45, 2.75) is 25.7 Å². The number of hydrogen-bond acceptors (Lipinski definition) is 5. The van der Waals surface area contributed by atoms with Crippen LogP contribution < -0.4 is 11.1 Å². The number of unbranched alkanes of at least 4 members (excludes halogenated alkanes) is 1. The van der Waals surface area contributed by atoms with Crippen molar-refractivity contribution in [1.82, 2.24) is 4.98 Å². The number of nitrogens with zero attached hydrogens (tertiary/aromatic N) is 1. The molecule has 0 bridgehead atoms. The molecule has 0 fully saturated rings. The van der Waals surface area contributed by atoms with Gasteiger partial charge in [-0.3, -0.25) is 9.35 Å². The molecule has 0 spiro atoms. The van der Waals surface area contributed by atoms with Gasteiger partial charge in [0.15, 0.2) is 0 Å². The van der Waals surface area contributed by atoms with Crippen molar-refractivity contribution in [2.75, 3.05) is 11.6 Å². The Kier molecular flexibility index (Phi) is 7.97. The summed E-state index contributed by atoms with van der Waals surface area (Å²) in [7, 11) is -3.67. The van der Waals surface area contributed by atoms with E-state index in [1.807, 2.05) is 36.4 Å². The lowest BCUT2D eigenvalue weighted by molar-refractivity contribution is -0.118. The zero-order valence-corrected chi connectivity index (χ0v) is 19.2. The Hall–Kier alpha value is -3.49. The summed E-state index contributed by atoms with van der Waals surface area (Å²) in [6, 6.07) is 24.9. The van der Waals surface area contributed by atoms with Crippen LogP contribution in [0.3, 0.4) is 0 Å². The van der Waals surface area contributed by atoms with Gasteiger partial charge in [-0.15, -0.1) is 0 Å². The van der Waals surface area contributed by atoms with Crippen LogP contribution in [0.2, 0.25) is 0 Å². The van der Waals surface area contributed by atoms with E-state index in [9.17, 15) is 13.2 Å². The van der Waals surface area contributed by atoms with Gasteiger partial charge in [-0.1, -0.05) is 48.5 Å². The van der Waals surface area contributed by atoms with E-state index in [1.165, 1.54) is 5.56 Å². The maximum Gasteiger partial charge on any atom is 0.261 e. The van der Waals surface area contributed by atoms with Crippen LogP contribution in [0.1, 0.15) is 24.8 Å². The quantitative estimate of drug-likeness (QED) is 0.204. The molecular formula is C25H27N3O4S. The van der Waals surface area contributed by atoms with E-state index in [2.05, 4.69) is 41.7 Å². The van der Waals surface area contributed by atoms with E-state index < -0.39 is 10.1 Å². The molecule has 4 N–H and O–H groups in total. The second kappa shape index (κ2) is 10.9. The molecule has 33 heavy (non-hydrogen) atoms. The number of rotatable bonds is 7. The molecule has 4 aromatic rings. The van der Waals surface area contributed by atoms with Gasteiger partial charge in [0.1, 0.15) is 0 Å². The summed E-state index contributed by atoms with van der Waals surface area (Å²) in [5, 5.41) is 5.81. The SMILES string of the molecule is CS(=O)(=O)O.NC(=O)CCCCc1ccc(Nc2c3ccccc3nc3ccccc23)cc1. The lowest BCUT2D eigenvalue weighted by Crippen LogP contribution is -2.09. The largest absolute Gasteiger partial charge is 0.370 e. The van der Waals surface area contributed by atoms with Crippen LogP contribution in [0, 0.1) is 0 Å². The Morgan fingerprint density at radius 1 is 0.909 bits per heavy atom. The third-order valence-electron chi connectivity index (χ3n) is 4.95. The maximum atomic E-state index is 10.8. The summed E-state index contributed by atoms with van der Waals surface area (Å²) in [4.78, 5) is 15.6. The van der Waals surface area contributed by atoms with Crippen LogP contribution >= 0.6 is 0 Å². The molecule has 1 aromatic heterocycles. The lowest BCUT2D eigenvalue weighted by atomic mass is 10.1. The van der Waals surface area contributed by atoms with Gasteiger partial charge in [0.2, 0.25) is 5.91 Å². The molecule has 0 saturated carbocycles. The van der Waals surface area contributed by atoms with Crippen LogP contribution in [0.5, 0.6) is 0 Å². The standard InChI is InChI=1S/C24H23N3O.CH4O3S/c25-23(28)12-6-1-7-17-13-15-18(16-14-17)26-24-19-8-2-4-10-21(19)27-22-11-5-3-9-20(22)24;1-5(2,3)4/h2-5,8-11,13-16H,1,6-7,12H2,(H2,25,28)(H,26,27);1H3,(H,2,3,4). The number of pyridine rings is 1. The number of nitrogens with one attached hydrogen (secondary N) is 1. The minimum Gasteiger partial charge on any atom is -0.370 e. The first-order chi connectivity index (χ1) is 15.7. The summed E-state index contributed by atoms with van der Waals surface area (Å²) in [5.74, 6) is -0.226. The number of aromatic nitrogens is 1. The monoisotopic (exact) mass is 465 g/mol. The van der Waals surface area contributed by atoms with Gasteiger partial charge in [-0.25, -0.2) is 4.98 Å². The number of aryl methyl sites for hydroxylation is 1. The number of para-hydroxylation sites is 2. The number of fused-ring (bicyclic) bond motifs is 2. The average Bonchev–Trinajstić information content (AvgIpc) is 2.76. The van der Waals surface area contributed by atoms with Crippen molar-refractivity contribution in [3.63, 3.8) is 0 Å². The number of nitrogens with two attached hydrogens (primary N) is 1. The van der Waals surface area contributed by atoms with E-state index in [-0.39, 0.29) is 5.91 Å². The minimum atomic E-state index is -3.67. The van der Waals surface area contributed by atoms with Gasteiger partial charge in [0.25, 0.3) is 10.1 Å². The Balaban J connectivity index is 0.000000555. The molecule has 1 heterocycles. The predicted octanol–water partition coefficient (Wildman–Crippen LogP) is 4.83. The van der Waals surface area contributed by atoms with Gasteiger partial charge >= 0.3 is 0 Å². The Bertz CT molecular complexity index is 1290. The van der Waals surface area contributed by atoms with Crippen molar-refractivity contribution < 1.29 is 17.8 Å². The highest BCUT2D eigenvalue weighted by Crippen LogP contribution is 2.33. The second-order valence-electron chi connectivity index (χ2n) is 7.75. The first kappa shape index (κ1) is 24.2. The van der Waals surface area contributed by atoms with E-state index in [0.29, 0.717) is 12.7 Å². The zero-order valence-electron chi connectivity index (χ0n) is 18.4. The van der Waals surface area contributed by atoms with E-state index >= 15 is 0 Å². The average molecular weight is 466 g/mol. The predicted molar refractivity (Wildman–Crippen MR) is 133 cm³/mol. The number of hydrogen-bond donors (Lipinski definition) is 3. The van der Waals surface area contributed by atoms with Crippen molar-refractivity contribution in [2.24, 2.45) is 5.73 Å². The molecule has 172 valence electrons. The van der Waals surface area contributed by atoms with Gasteiger partial charge in [-0.2, -0.15) is 8.42 Å². The molecule has 0 saturated heterocycles. The summed E-state index contributed by atoms with van der Waals surface area (Å²) in [6.45, 7) is 0. The first-order valence-corrected chi connectivity index (χ1v) is 12.4. The molecule has 0 atom stereocenters. The zero-order chi connectivity index (χ0) is 23.8. The highest BCUT2D eigenvalue weighted by Gasteiger charge is 2.09. The second-order valence-corrected chi connectivity index (χ2v) is 9.22. The van der Waals surface area contributed by atoms with Crippen molar-refractivity contribution in [3.8, 4) is 0 Å². The number of carbonyl (C=O) groups is 1. The van der Waals surface area contributed by atoms with E-state index in [1.54, 1.807) is 0 Å². The normalized spacial score (nSPS) is 11.1. The molecule has 7 nitrogen and oxygen atoms in total. The topological polar surface area (TPSA) is 122 Å². The van der Waals surface area contributed by atoms with Gasteiger partial charge in [0.05, 0.1) is 23.0 Å². The molecule has 0 unspecified atom stereocenters. The van der Waals surface area contributed by atoms with Crippen LogP contribution in [-0.2, 0) is 21.3 Å². The summed E-state index contributed by atoms with van der Waals surface area (Å²) >= 11 is 0. The minimum absolute atomic E-state index is 0.226. The van der Waals surface area contributed by atoms with Crippen LogP contribution in [0.25, 0.3) is 21.8 Å². The summed E-state index contributed by atoms with van der Waals surface area (Å²) in [6.07, 6.45) is 3.93. The molecule has 1 amide bonds. The molecule has 0 aliphatic carbocycles. The molecule has 4 rings (SSSR count). The molecule has 0 radical (unpaired) electrons. The van der Waals surface area contributed by atoms with Crippen molar-refractivity contribution >= 4 is 49.2 Å². The van der Waals surface area contributed by atoms with Gasteiger partial charge < -0.3 is 11.1 Å². The third kappa shape index (κ3) is 7.55. The number of carbonyl (C=O) groups excluding carboxylic acids is 1. The highest BCUT2D eigenvalue weighted by atomic mass is 32.2. The van der Waals surface area contributed by atoms with Crippen molar-refractivity contribution in [3.05, 3.63) is 78.4 Å². The molecule has 3 aromatic carbocycles. The Morgan fingerprint density at radius 2 is 1.42 bits per heavy atom. The summed E-state index contributed by atoms with van der Waals surface area (Å²) < 4.78 is 25.9. The molecule has 0 aliphatic rings. The number of benzene rings is 3. The van der Waals surface area contributed by atoms with E-state index in [0.717, 1.165) is 52.4 Å². The van der Waals surface area contributed by atoms with Gasteiger partial charge in [-0.05, 0) is 49.1 Å². The fraction of sp³-hybridized carbons (Fsp3) is 0.200. The van der Waals surface area contributed by atoms with Crippen LogP contribution in [0.15, 0.2) is 72.8 Å².